The molecule has 2 atom stereocenters. The van der Waals surface area contributed by atoms with Crippen LogP contribution in [-0.2, 0) is 4.79 Å². The Bertz CT molecular complexity index is 841. The van der Waals surface area contributed by atoms with Crippen LogP contribution in [0, 0.1) is 5.92 Å². The van der Waals surface area contributed by atoms with Crippen molar-refractivity contribution in [2.75, 3.05) is 26.2 Å². The fraction of sp³-hybridized carbons (Fsp3) is 0.429. The van der Waals surface area contributed by atoms with Crippen LogP contribution in [0.5, 0.6) is 5.75 Å². The summed E-state index contributed by atoms with van der Waals surface area (Å²) in [5.41, 5.74) is 0. The predicted octanol–water partition coefficient (Wildman–Crippen LogP) is 3.93. The van der Waals surface area contributed by atoms with Crippen molar-refractivity contribution in [1.29, 1.82) is 0 Å². The highest BCUT2D eigenvalue weighted by Crippen LogP contribution is 2.33. The number of piperidine rings is 2. The molecule has 5 nitrogen and oxygen atoms in total. The van der Waals surface area contributed by atoms with Crippen LogP contribution in [0.25, 0.3) is 0 Å². The van der Waals surface area contributed by atoms with E-state index < -0.39 is 0 Å². The fourth-order valence-electron chi connectivity index (χ4n) is 4.21. The summed E-state index contributed by atoms with van der Waals surface area (Å²) in [6.45, 7) is 2.15. The number of hydrogen-bond acceptors (Lipinski definition) is 4. The summed E-state index contributed by atoms with van der Waals surface area (Å²) in [5.74, 6) is 1.05. The quantitative estimate of drug-likeness (QED) is 0.755. The largest absolute Gasteiger partial charge is 0.484 e. The first-order chi connectivity index (χ1) is 13.6. The third-order valence-electron chi connectivity index (χ3n) is 5.60. The highest BCUT2D eigenvalue weighted by molar-refractivity contribution is 7.12. The van der Waals surface area contributed by atoms with Crippen molar-refractivity contribution in [3.63, 3.8) is 0 Å². The van der Waals surface area contributed by atoms with Gasteiger partial charge in [-0.3, -0.25) is 9.59 Å². The molecule has 1 aromatic carbocycles. The lowest BCUT2D eigenvalue weighted by Gasteiger charge is -2.47. The number of ether oxygens (including phenoxy) is 1. The number of benzene rings is 1. The second-order valence-corrected chi connectivity index (χ2v) is 8.62. The van der Waals surface area contributed by atoms with Gasteiger partial charge in [-0.15, -0.1) is 11.3 Å². The first kappa shape index (κ1) is 19.3. The maximum Gasteiger partial charge on any atom is 0.265 e. The van der Waals surface area contributed by atoms with E-state index in [9.17, 15) is 9.59 Å². The Morgan fingerprint density at radius 1 is 1.14 bits per heavy atom. The second kappa shape index (κ2) is 8.53. The van der Waals surface area contributed by atoms with Crippen molar-refractivity contribution in [2.24, 2.45) is 5.92 Å². The summed E-state index contributed by atoms with van der Waals surface area (Å²) in [6.07, 6.45) is 2.80. The maximum atomic E-state index is 13.0. The van der Waals surface area contributed by atoms with Crippen LogP contribution in [0.3, 0.4) is 0 Å². The van der Waals surface area contributed by atoms with E-state index in [0.717, 1.165) is 25.8 Å². The van der Waals surface area contributed by atoms with Gasteiger partial charge in [0.2, 0.25) is 0 Å². The molecule has 2 aliphatic rings. The zero-order valence-electron chi connectivity index (χ0n) is 15.6. The van der Waals surface area contributed by atoms with Crippen molar-refractivity contribution in [3.8, 4) is 5.75 Å². The molecule has 2 amide bonds. The van der Waals surface area contributed by atoms with Gasteiger partial charge < -0.3 is 14.5 Å². The number of rotatable bonds is 4. The molecule has 0 spiro atoms. The molecular formula is C21H23ClN2O3S. The van der Waals surface area contributed by atoms with Crippen LogP contribution in [0.2, 0.25) is 5.02 Å². The number of thiophene rings is 1. The monoisotopic (exact) mass is 418 g/mol. The Morgan fingerprint density at radius 3 is 2.71 bits per heavy atom. The molecule has 28 heavy (non-hydrogen) atoms. The summed E-state index contributed by atoms with van der Waals surface area (Å²) in [6, 6.07) is 11.3. The van der Waals surface area contributed by atoms with Crippen LogP contribution in [0.4, 0.5) is 0 Å². The number of likely N-dealkylation sites (tertiary alicyclic amines) is 2. The molecule has 2 saturated heterocycles. The predicted molar refractivity (Wildman–Crippen MR) is 110 cm³/mol. The number of para-hydroxylation sites is 1. The molecular weight excluding hydrogens is 396 g/mol. The molecule has 2 aliphatic heterocycles. The van der Waals surface area contributed by atoms with Gasteiger partial charge in [-0.05, 0) is 48.8 Å². The number of fused-ring (bicyclic) bond motifs is 1. The van der Waals surface area contributed by atoms with Gasteiger partial charge >= 0.3 is 0 Å². The van der Waals surface area contributed by atoms with Crippen molar-refractivity contribution < 1.29 is 14.3 Å². The summed E-state index contributed by atoms with van der Waals surface area (Å²) >= 11 is 7.57. The molecule has 2 aromatic rings. The van der Waals surface area contributed by atoms with Crippen molar-refractivity contribution in [3.05, 3.63) is 51.7 Å². The van der Waals surface area contributed by atoms with Gasteiger partial charge in [0.25, 0.3) is 11.8 Å². The van der Waals surface area contributed by atoms with Gasteiger partial charge in [0.05, 0.1) is 5.02 Å². The van der Waals surface area contributed by atoms with E-state index in [2.05, 4.69) is 0 Å². The van der Waals surface area contributed by atoms with Gasteiger partial charge in [-0.1, -0.05) is 29.8 Å². The summed E-state index contributed by atoms with van der Waals surface area (Å²) in [4.78, 5) is 30.0. The first-order valence-corrected chi connectivity index (χ1v) is 10.9. The number of amides is 2. The van der Waals surface area contributed by atoms with E-state index in [-0.39, 0.29) is 24.5 Å². The van der Waals surface area contributed by atoms with Crippen LogP contribution in [0.15, 0.2) is 41.8 Å². The molecule has 4 rings (SSSR count). The molecule has 2 fully saturated rings. The van der Waals surface area contributed by atoms with Gasteiger partial charge in [-0.2, -0.15) is 0 Å². The molecule has 0 unspecified atom stereocenters. The minimum atomic E-state index is 0.00653. The third-order valence-corrected chi connectivity index (χ3v) is 6.93. The molecule has 0 bridgehead atoms. The SMILES string of the molecule is O=C(COc1ccccc1)N1CC[C@H]2[C@H](CCCN2C(=O)c2sccc2Cl)C1. The Morgan fingerprint density at radius 2 is 1.96 bits per heavy atom. The number of carbonyl (C=O) groups excluding carboxylic acids is 2. The molecule has 0 radical (unpaired) electrons. The normalized spacial score (nSPS) is 21.9. The zero-order chi connectivity index (χ0) is 19.5. The molecule has 3 heterocycles. The second-order valence-electron chi connectivity index (χ2n) is 7.30. The molecule has 0 aliphatic carbocycles. The molecule has 0 N–H and O–H groups in total. The van der Waals surface area contributed by atoms with Crippen molar-refractivity contribution in [2.45, 2.75) is 25.3 Å². The summed E-state index contributed by atoms with van der Waals surface area (Å²) < 4.78 is 5.61. The van der Waals surface area contributed by atoms with Gasteiger partial charge in [-0.25, -0.2) is 0 Å². The molecule has 0 saturated carbocycles. The van der Waals surface area contributed by atoms with E-state index in [1.165, 1.54) is 11.3 Å². The first-order valence-electron chi connectivity index (χ1n) is 9.63. The lowest BCUT2D eigenvalue weighted by atomic mass is 9.83. The lowest BCUT2D eigenvalue weighted by Crippen LogP contribution is -2.57. The van der Waals surface area contributed by atoms with Gasteiger partial charge in [0.1, 0.15) is 10.6 Å². The van der Waals surface area contributed by atoms with Crippen molar-refractivity contribution in [1.82, 2.24) is 9.80 Å². The Balaban J connectivity index is 1.37. The van der Waals surface area contributed by atoms with Crippen LogP contribution >= 0.6 is 22.9 Å². The average molecular weight is 419 g/mol. The van der Waals surface area contributed by atoms with Gasteiger partial charge in [0, 0.05) is 25.7 Å². The number of nitrogens with zero attached hydrogens (tertiary/aromatic N) is 2. The fourth-order valence-corrected chi connectivity index (χ4v) is 5.30. The number of halogens is 1. The maximum absolute atomic E-state index is 13.0. The number of hydrogen-bond donors (Lipinski definition) is 0. The summed E-state index contributed by atoms with van der Waals surface area (Å²) in [7, 11) is 0. The Kier molecular flexibility index (Phi) is 5.87. The lowest BCUT2D eigenvalue weighted by molar-refractivity contribution is -0.136. The Hall–Kier alpha value is -2.05. The van der Waals surface area contributed by atoms with Gasteiger partial charge in [0.15, 0.2) is 6.61 Å². The highest BCUT2D eigenvalue weighted by Gasteiger charge is 2.40. The van der Waals surface area contributed by atoms with E-state index in [4.69, 9.17) is 16.3 Å². The average Bonchev–Trinajstić information content (AvgIpc) is 3.17. The molecule has 1 aromatic heterocycles. The van der Waals surface area contributed by atoms with Crippen LogP contribution in [0.1, 0.15) is 28.9 Å². The standard InChI is InChI=1S/C21H23ClN2O3S/c22-17-9-12-28-20(17)21(26)24-10-4-5-15-13-23(11-8-18(15)24)19(25)14-27-16-6-2-1-3-7-16/h1-3,6-7,9,12,15,18H,4-5,8,10-11,13-14H2/t15-,18+/m1/s1. The van der Waals surface area contributed by atoms with E-state index in [0.29, 0.717) is 34.7 Å². The van der Waals surface area contributed by atoms with Crippen molar-refractivity contribution >= 4 is 34.8 Å². The Labute approximate surface area is 173 Å². The zero-order valence-corrected chi connectivity index (χ0v) is 17.1. The number of carbonyl (C=O) groups is 2. The third kappa shape index (κ3) is 4.03. The smallest absolute Gasteiger partial charge is 0.265 e. The van der Waals surface area contributed by atoms with Crippen LogP contribution in [-0.4, -0.2) is 53.9 Å². The molecule has 148 valence electrons. The summed E-state index contributed by atoms with van der Waals surface area (Å²) in [5, 5.41) is 2.38. The highest BCUT2D eigenvalue weighted by atomic mass is 35.5. The van der Waals surface area contributed by atoms with Crippen LogP contribution < -0.4 is 4.74 Å². The van der Waals surface area contributed by atoms with E-state index >= 15 is 0 Å². The molecule has 7 heteroatoms. The minimum Gasteiger partial charge on any atom is -0.484 e. The van der Waals surface area contributed by atoms with E-state index in [1.54, 1.807) is 6.07 Å². The minimum absolute atomic E-state index is 0.00653. The topological polar surface area (TPSA) is 49.9 Å². The van der Waals surface area contributed by atoms with E-state index in [1.807, 2.05) is 45.5 Å².